The van der Waals surface area contributed by atoms with Gasteiger partial charge in [-0.25, -0.2) is 4.79 Å². The van der Waals surface area contributed by atoms with Crippen molar-refractivity contribution in [3.05, 3.63) is 70.4 Å². The summed E-state index contributed by atoms with van der Waals surface area (Å²) in [6.45, 7) is 8.85. The van der Waals surface area contributed by atoms with Crippen molar-refractivity contribution in [1.82, 2.24) is 20.2 Å². The molecule has 9 nitrogen and oxygen atoms in total. The zero-order chi connectivity index (χ0) is 27.6. The third-order valence-corrected chi connectivity index (χ3v) is 7.48. The molecule has 1 fully saturated rings. The molecular weight excluding hydrogens is 494 g/mol. The van der Waals surface area contributed by atoms with Crippen LogP contribution in [0.4, 0.5) is 5.95 Å². The number of nitrogens with one attached hydrogen (secondary N) is 1. The number of nitrogens with zero attached hydrogens (tertiary/aromatic N) is 4. The predicted octanol–water partition coefficient (Wildman–Crippen LogP) is 5.72. The summed E-state index contributed by atoms with van der Waals surface area (Å²) < 4.78 is 19.4. The van der Waals surface area contributed by atoms with E-state index in [2.05, 4.69) is 65.9 Å². The highest BCUT2D eigenvalue weighted by molar-refractivity contribution is 5.92. The predicted molar refractivity (Wildman–Crippen MR) is 148 cm³/mol. The Morgan fingerprint density at radius 3 is 2.49 bits per heavy atom. The van der Waals surface area contributed by atoms with Crippen molar-refractivity contribution < 1.29 is 19.0 Å². The molecule has 5 rings (SSSR count). The zero-order valence-corrected chi connectivity index (χ0v) is 23.4. The molecular formula is C30H37N5O4. The molecule has 2 heterocycles. The van der Waals surface area contributed by atoms with Crippen LogP contribution in [0.2, 0.25) is 0 Å². The Labute approximate surface area is 229 Å². The Kier molecular flexibility index (Phi) is 7.59. The Morgan fingerprint density at radius 1 is 1.05 bits per heavy atom. The summed E-state index contributed by atoms with van der Waals surface area (Å²) in [5.41, 5.74) is 4.38. The van der Waals surface area contributed by atoms with Crippen LogP contribution in [0.1, 0.15) is 82.5 Å². The van der Waals surface area contributed by atoms with Gasteiger partial charge in [0.05, 0.1) is 12.7 Å². The summed E-state index contributed by atoms with van der Waals surface area (Å²) >= 11 is 0. The molecule has 9 heteroatoms. The number of methoxy groups -OCH3 is 1. The number of carbonyl (C=O) groups is 1. The van der Waals surface area contributed by atoms with Crippen molar-refractivity contribution in [3.63, 3.8) is 0 Å². The van der Waals surface area contributed by atoms with Crippen molar-refractivity contribution >= 4 is 11.9 Å². The van der Waals surface area contributed by atoms with E-state index in [0.717, 1.165) is 36.8 Å². The first-order valence-corrected chi connectivity index (χ1v) is 13.6. The molecule has 0 bridgehead atoms. The second-order valence-corrected chi connectivity index (χ2v) is 11.3. The lowest BCUT2D eigenvalue weighted by Gasteiger charge is -2.29. The van der Waals surface area contributed by atoms with Gasteiger partial charge < -0.3 is 19.5 Å². The summed E-state index contributed by atoms with van der Waals surface area (Å²) in [4.78, 5) is 13.5. The van der Waals surface area contributed by atoms with Gasteiger partial charge in [-0.2, -0.15) is 4.68 Å². The highest BCUT2D eigenvalue weighted by Gasteiger charge is 2.36. The second kappa shape index (κ2) is 11.1. The maximum atomic E-state index is 13.5. The number of allylic oxidation sites excluding steroid dienone is 1. The first kappa shape index (κ1) is 26.7. The van der Waals surface area contributed by atoms with E-state index in [-0.39, 0.29) is 17.5 Å². The monoisotopic (exact) mass is 531 g/mol. The number of rotatable bonds is 7. The number of benzene rings is 2. The topological polar surface area (TPSA) is 100 Å². The van der Waals surface area contributed by atoms with Gasteiger partial charge in [0.15, 0.2) is 11.5 Å². The molecule has 1 saturated carbocycles. The number of hydrogen-bond acceptors (Lipinski definition) is 8. The van der Waals surface area contributed by atoms with E-state index in [0.29, 0.717) is 35.3 Å². The van der Waals surface area contributed by atoms with Crippen LogP contribution in [-0.4, -0.2) is 39.4 Å². The minimum absolute atomic E-state index is 0.0646. The average Bonchev–Trinajstić information content (AvgIpc) is 3.39. The summed E-state index contributed by atoms with van der Waals surface area (Å²) in [5, 5.41) is 15.3. The van der Waals surface area contributed by atoms with Crippen LogP contribution in [-0.2, 0) is 21.6 Å². The van der Waals surface area contributed by atoms with Gasteiger partial charge in [-0.1, -0.05) is 62.6 Å². The second-order valence-electron chi connectivity index (χ2n) is 11.3. The highest BCUT2D eigenvalue weighted by atomic mass is 16.5. The Balaban J connectivity index is 1.40. The van der Waals surface area contributed by atoms with Gasteiger partial charge in [-0.15, -0.1) is 0 Å². The number of tetrazole rings is 1. The molecule has 1 atom stereocenters. The third kappa shape index (κ3) is 5.77. The first-order chi connectivity index (χ1) is 18.7. The van der Waals surface area contributed by atoms with Crippen molar-refractivity contribution in [2.75, 3.05) is 12.4 Å². The van der Waals surface area contributed by atoms with E-state index < -0.39 is 6.04 Å². The van der Waals surface area contributed by atoms with Gasteiger partial charge in [0.1, 0.15) is 18.8 Å². The molecule has 1 N–H and O–H groups in total. The fourth-order valence-corrected chi connectivity index (χ4v) is 5.22. The third-order valence-electron chi connectivity index (χ3n) is 7.48. The van der Waals surface area contributed by atoms with Gasteiger partial charge in [-0.05, 0) is 77.3 Å². The van der Waals surface area contributed by atoms with Gasteiger partial charge in [-0.3, -0.25) is 0 Å². The van der Waals surface area contributed by atoms with Gasteiger partial charge >= 0.3 is 5.97 Å². The number of aromatic nitrogens is 4. The van der Waals surface area contributed by atoms with Crippen molar-refractivity contribution in [2.24, 2.45) is 0 Å². The summed E-state index contributed by atoms with van der Waals surface area (Å²) in [5.74, 6) is 1.28. The van der Waals surface area contributed by atoms with Crippen LogP contribution in [0.15, 0.2) is 53.7 Å². The lowest BCUT2D eigenvalue weighted by molar-refractivity contribution is -0.146. The van der Waals surface area contributed by atoms with E-state index in [1.165, 1.54) is 12.0 Å². The van der Waals surface area contributed by atoms with Gasteiger partial charge in [0.2, 0.25) is 5.95 Å². The van der Waals surface area contributed by atoms with Crippen LogP contribution in [0.3, 0.4) is 0 Å². The quantitative estimate of drug-likeness (QED) is 0.386. The molecule has 1 aliphatic carbocycles. The fraction of sp³-hybridized carbons (Fsp3) is 0.467. The van der Waals surface area contributed by atoms with Gasteiger partial charge in [0, 0.05) is 5.70 Å². The molecule has 39 heavy (non-hydrogen) atoms. The molecule has 2 aromatic carbocycles. The van der Waals surface area contributed by atoms with Crippen molar-refractivity contribution in [3.8, 4) is 11.5 Å². The first-order valence-electron chi connectivity index (χ1n) is 13.6. The lowest BCUT2D eigenvalue weighted by atomic mass is 9.87. The summed E-state index contributed by atoms with van der Waals surface area (Å²) in [6.07, 6.45) is 5.06. The number of anilines is 1. The molecule has 1 unspecified atom stereocenters. The fourth-order valence-electron chi connectivity index (χ4n) is 5.22. The Morgan fingerprint density at radius 2 is 1.79 bits per heavy atom. The molecule has 0 radical (unpaired) electrons. The average molecular weight is 532 g/mol. The van der Waals surface area contributed by atoms with Crippen LogP contribution >= 0.6 is 0 Å². The minimum atomic E-state index is -0.569. The zero-order valence-electron chi connectivity index (χ0n) is 23.4. The number of fused-ring (bicyclic) bond motifs is 1. The molecule has 206 valence electrons. The molecule has 3 aromatic rings. The SMILES string of the molecule is COc1cc(C2C(C(=O)OC3CCCCC3)=C(C)Nc3nnnn32)ccc1OCc1ccc(C(C)(C)C)cc1. The van der Waals surface area contributed by atoms with E-state index >= 15 is 0 Å². The van der Waals surface area contributed by atoms with Crippen molar-refractivity contribution in [2.45, 2.75) is 84.0 Å². The number of hydrogen-bond donors (Lipinski definition) is 1. The van der Waals surface area contributed by atoms with E-state index in [1.54, 1.807) is 11.8 Å². The lowest BCUT2D eigenvalue weighted by Crippen LogP contribution is -2.32. The molecule has 0 amide bonds. The molecule has 1 aromatic heterocycles. The maximum absolute atomic E-state index is 13.5. The van der Waals surface area contributed by atoms with Crippen LogP contribution < -0.4 is 14.8 Å². The molecule has 1 aliphatic heterocycles. The van der Waals surface area contributed by atoms with E-state index in [9.17, 15) is 4.79 Å². The van der Waals surface area contributed by atoms with E-state index in [1.807, 2.05) is 25.1 Å². The summed E-state index contributed by atoms with van der Waals surface area (Å²) in [7, 11) is 1.61. The summed E-state index contributed by atoms with van der Waals surface area (Å²) in [6, 6.07) is 13.6. The minimum Gasteiger partial charge on any atom is -0.493 e. The molecule has 2 aliphatic rings. The Hall–Kier alpha value is -3.88. The number of esters is 1. The van der Waals surface area contributed by atoms with Crippen LogP contribution in [0.5, 0.6) is 11.5 Å². The van der Waals surface area contributed by atoms with Crippen molar-refractivity contribution in [1.29, 1.82) is 0 Å². The van der Waals surface area contributed by atoms with Crippen LogP contribution in [0.25, 0.3) is 0 Å². The largest absolute Gasteiger partial charge is 0.493 e. The smallest absolute Gasteiger partial charge is 0.338 e. The Bertz CT molecular complexity index is 1350. The number of carbonyl (C=O) groups excluding carboxylic acids is 1. The molecule has 0 spiro atoms. The normalized spacial score (nSPS) is 17.8. The number of ether oxygens (including phenoxy) is 3. The molecule has 0 saturated heterocycles. The maximum Gasteiger partial charge on any atom is 0.338 e. The van der Waals surface area contributed by atoms with Gasteiger partial charge in [0.25, 0.3) is 0 Å². The van der Waals surface area contributed by atoms with E-state index in [4.69, 9.17) is 14.2 Å². The highest BCUT2D eigenvalue weighted by Crippen LogP contribution is 2.39. The standard InChI is InChI=1S/C30H37N5O4/c1-19-26(28(36)39-23-9-7-6-8-10-23)27(35-29(31-19)32-33-34-35)21-13-16-24(25(17-21)37-5)38-18-20-11-14-22(15-12-20)30(2,3)4/h11-17,23,27H,6-10,18H2,1-5H3,(H,31,32,34). The van der Waals surface area contributed by atoms with Crippen LogP contribution in [0, 0.1) is 0 Å².